The molecular formula is C16H20N2OS. The number of nitrogens with two attached hydrogens (primary N) is 1. The van der Waals surface area contributed by atoms with Crippen LogP contribution in [0.5, 0.6) is 0 Å². The lowest BCUT2D eigenvalue weighted by Crippen LogP contribution is -2.26. The summed E-state index contributed by atoms with van der Waals surface area (Å²) in [7, 11) is 0. The monoisotopic (exact) mass is 288 g/mol. The van der Waals surface area contributed by atoms with Crippen LogP contribution in [0.3, 0.4) is 0 Å². The van der Waals surface area contributed by atoms with Crippen molar-refractivity contribution in [2.24, 2.45) is 5.92 Å². The molecule has 4 heteroatoms. The fourth-order valence-electron chi connectivity index (χ4n) is 2.80. The van der Waals surface area contributed by atoms with Crippen molar-refractivity contribution in [3.05, 3.63) is 28.6 Å². The summed E-state index contributed by atoms with van der Waals surface area (Å²) >= 11 is 1.51. The number of amides is 1. The quantitative estimate of drug-likeness (QED) is 0.901. The lowest BCUT2D eigenvalue weighted by Gasteiger charge is -2.03. The Morgan fingerprint density at radius 1 is 1.50 bits per heavy atom. The van der Waals surface area contributed by atoms with Gasteiger partial charge in [-0.15, -0.1) is 11.3 Å². The fourth-order valence-corrected chi connectivity index (χ4v) is 3.89. The number of nitrogen functional groups attached to an aromatic ring is 1. The van der Waals surface area contributed by atoms with Crippen LogP contribution in [0.15, 0.2) is 18.2 Å². The third-order valence-electron chi connectivity index (χ3n) is 4.06. The zero-order valence-electron chi connectivity index (χ0n) is 11.9. The van der Waals surface area contributed by atoms with Gasteiger partial charge in [-0.1, -0.05) is 31.5 Å². The molecule has 1 aromatic heterocycles. The van der Waals surface area contributed by atoms with Gasteiger partial charge >= 0.3 is 0 Å². The number of rotatable bonds is 4. The number of benzene rings is 1. The number of carbonyl (C=O) groups is 1. The van der Waals surface area contributed by atoms with Gasteiger partial charge in [0, 0.05) is 16.1 Å². The molecule has 1 fully saturated rings. The van der Waals surface area contributed by atoms with Gasteiger partial charge in [0.1, 0.15) is 4.88 Å². The second kappa shape index (κ2) is 5.09. The predicted molar refractivity (Wildman–Crippen MR) is 85.2 cm³/mol. The Balaban J connectivity index is 1.82. The van der Waals surface area contributed by atoms with Gasteiger partial charge in [0.05, 0.1) is 5.69 Å². The minimum Gasteiger partial charge on any atom is -0.397 e. The molecule has 2 unspecified atom stereocenters. The number of hydrogen-bond acceptors (Lipinski definition) is 3. The zero-order chi connectivity index (χ0) is 14.3. The predicted octanol–water partition coefficient (Wildman–Crippen LogP) is 3.71. The van der Waals surface area contributed by atoms with Crippen molar-refractivity contribution in [2.45, 2.75) is 39.2 Å². The van der Waals surface area contributed by atoms with Crippen LogP contribution < -0.4 is 11.1 Å². The molecule has 106 valence electrons. The molecule has 1 heterocycles. The molecule has 3 N–H and O–H groups in total. The van der Waals surface area contributed by atoms with E-state index in [1.807, 2.05) is 12.1 Å². The van der Waals surface area contributed by atoms with E-state index in [1.54, 1.807) is 0 Å². The molecule has 2 atom stereocenters. The smallest absolute Gasteiger partial charge is 0.263 e. The van der Waals surface area contributed by atoms with Gasteiger partial charge in [-0.05, 0) is 31.2 Å². The standard InChI is InChI=1S/C16H20N2OS/c1-3-5-10-8-12(10)18-16(19)15-13(17)11-7-4-6-9(2)14(11)20-15/h4,6-7,10,12H,3,5,8,17H2,1-2H3,(H,18,19). The maximum Gasteiger partial charge on any atom is 0.263 e. The average molecular weight is 288 g/mol. The second-order valence-corrected chi connectivity index (χ2v) is 6.68. The number of thiophene rings is 1. The van der Waals surface area contributed by atoms with Crippen LogP contribution in [0.2, 0.25) is 0 Å². The Morgan fingerprint density at radius 3 is 3.00 bits per heavy atom. The highest BCUT2D eigenvalue weighted by Crippen LogP contribution is 2.38. The third kappa shape index (κ3) is 2.29. The Labute approximate surface area is 123 Å². The summed E-state index contributed by atoms with van der Waals surface area (Å²) in [6, 6.07) is 6.38. The van der Waals surface area contributed by atoms with Crippen LogP contribution in [0.4, 0.5) is 5.69 Å². The number of aryl methyl sites for hydroxylation is 1. The molecule has 0 aliphatic heterocycles. The summed E-state index contributed by atoms with van der Waals surface area (Å²) in [6.07, 6.45) is 3.50. The third-order valence-corrected chi connectivity index (χ3v) is 5.41. The number of anilines is 1. The van der Waals surface area contributed by atoms with Gasteiger partial charge in [0.2, 0.25) is 0 Å². The van der Waals surface area contributed by atoms with E-state index in [4.69, 9.17) is 5.73 Å². The largest absolute Gasteiger partial charge is 0.397 e. The summed E-state index contributed by atoms with van der Waals surface area (Å²) in [4.78, 5) is 13.0. The van der Waals surface area contributed by atoms with Crippen molar-refractivity contribution in [3.8, 4) is 0 Å². The molecule has 1 aromatic carbocycles. The topological polar surface area (TPSA) is 55.1 Å². The van der Waals surface area contributed by atoms with Crippen molar-refractivity contribution in [1.29, 1.82) is 0 Å². The van der Waals surface area contributed by atoms with Crippen molar-refractivity contribution in [2.75, 3.05) is 5.73 Å². The molecule has 3 nitrogen and oxygen atoms in total. The van der Waals surface area contributed by atoms with Crippen LogP contribution in [0.25, 0.3) is 10.1 Å². The maximum atomic E-state index is 12.4. The minimum absolute atomic E-state index is 0.00768. The van der Waals surface area contributed by atoms with Crippen LogP contribution in [-0.2, 0) is 0 Å². The summed E-state index contributed by atoms with van der Waals surface area (Å²) in [5.74, 6) is 0.660. The summed E-state index contributed by atoms with van der Waals surface area (Å²) < 4.78 is 1.12. The van der Waals surface area contributed by atoms with E-state index in [1.165, 1.54) is 29.7 Å². The van der Waals surface area contributed by atoms with E-state index in [9.17, 15) is 4.79 Å². The summed E-state index contributed by atoms with van der Waals surface area (Å²) in [5, 5.41) is 4.12. The molecule has 3 rings (SSSR count). The van der Waals surface area contributed by atoms with E-state index in [0.717, 1.165) is 16.5 Å². The molecule has 0 spiro atoms. The van der Waals surface area contributed by atoms with Gasteiger partial charge < -0.3 is 11.1 Å². The van der Waals surface area contributed by atoms with Crippen molar-refractivity contribution >= 4 is 33.0 Å². The maximum absolute atomic E-state index is 12.4. The SMILES string of the molecule is CCCC1CC1NC(=O)c1sc2c(C)cccc2c1N. The van der Waals surface area contributed by atoms with Crippen LogP contribution in [-0.4, -0.2) is 11.9 Å². The van der Waals surface area contributed by atoms with Crippen molar-refractivity contribution in [1.82, 2.24) is 5.32 Å². The first-order valence-electron chi connectivity index (χ1n) is 7.20. The molecular weight excluding hydrogens is 268 g/mol. The first-order valence-corrected chi connectivity index (χ1v) is 8.02. The van der Waals surface area contributed by atoms with E-state index in [-0.39, 0.29) is 5.91 Å². The van der Waals surface area contributed by atoms with Crippen LogP contribution in [0.1, 0.15) is 41.4 Å². The Hall–Kier alpha value is -1.55. The number of nitrogens with one attached hydrogen (secondary N) is 1. The van der Waals surface area contributed by atoms with Gasteiger partial charge in [-0.25, -0.2) is 0 Å². The number of carbonyl (C=O) groups excluding carboxylic acids is 1. The first kappa shape index (κ1) is 13.4. The lowest BCUT2D eigenvalue weighted by atomic mass is 10.1. The molecule has 0 radical (unpaired) electrons. The minimum atomic E-state index is -0.00768. The van der Waals surface area contributed by atoms with E-state index in [0.29, 0.717) is 22.5 Å². The van der Waals surface area contributed by atoms with E-state index < -0.39 is 0 Å². The van der Waals surface area contributed by atoms with Gasteiger partial charge in [-0.3, -0.25) is 4.79 Å². The number of hydrogen-bond donors (Lipinski definition) is 2. The molecule has 20 heavy (non-hydrogen) atoms. The molecule has 0 saturated heterocycles. The molecule has 1 aliphatic carbocycles. The molecule has 2 aromatic rings. The van der Waals surface area contributed by atoms with Gasteiger partial charge in [0.15, 0.2) is 0 Å². The highest BCUT2D eigenvalue weighted by molar-refractivity contribution is 7.21. The Morgan fingerprint density at radius 2 is 2.30 bits per heavy atom. The summed E-state index contributed by atoms with van der Waals surface area (Å²) in [5.41, 5.74) is 7.95. The Kier molecular flexibility index (Phi) is 3.42. The lowest BCUT2D eigenvalue weighted by molar-refractivity contribution is 0.0954. The van der Waals surface area contributed by atoms with Gasteiger partial charge in [0.25, 0.3) is 5.91 Å². The number of fused-ring (bicyclic) bond motifs is 1. The second-order valence-electron chi connectivity index (χ2n) is 5.66. The van der Waals surface area contributed by atoms with Crippen molar-refractivity contribution in [3.63, 3.8) is 0 Å². The zero-order valence-corrected chi connectivity index (χ0v) is 12.7. The van der Waals surface area contributed by atoms with Crippen molar-refractivity contribution < 1.29 is 4.79 Å². The summed E-state index contributed by atoms with van der Waals surface area (Å²) in [6.45, 7) is 4.24. The normalized spacial score (nSPS) is 21.1. The fraction of sp³-hybridized carbons (Fsp3) is 0.438. The highest BCUT2D eigenvalue weighted by Gasteiger charge is 2.37. The Bertz CT molecular complexity index is 662. The molecule has 1 amide bonds. The van der Waals surface area contributed by atoms with E-state index in [2.05, 4.69) is 25.2 Å². The molecule has 1 saturated carbocycles. The highest BCUT2D eigenvalue weighted by atomic mass is 32.1. The van der Waals surface area contributed by atoms with Crippen LogP contribution >= 0.6 is 11.3 Å². The van der Waals surface area contributed by atoms with Gasteiger partial charge in [-0.2, -0.15) is 0 Å². The van der Waals surface area contributed by atoms with Crippen LogP contribution in [0, 0.1) is 12.8 Å². The molecule has 1 aliphatic rings. The van der Waals surface area contributed by atoms with E-state index >= 15 is 0 Å². The average Bonchev–Trinajstić information content (AvgIpc) is 3.04. The first-order chi connectivity index (χ1) is 9.61. The molecule has 0 bridgehead atoms.